The number of aromatic nitrogens is 2. The second-order valence-corrected chi connectivity index (χ2v) is 7.28. The van der Waals surface area contributed by atoms with E-state index in [1.54, 1.807) is 29.2 Å². The van der Waals surface area contributed by atoms with E-state index in [4.69, 9.17) is 11.6 Å². The number of hydrogen-bond donors (Lipinski definition) is 1. The molecule has 0 aliphatic rings. The quantitative estimate of drug-likeness (QED) is 0.654. The summed E-state index contributed by atoms with van der Waals surface area (Å²) in [6.45, 7) is 6.65. The standard InChI is InChI=1S/C22H23ClN4O3/c1-4-26(5-2)21(29)16-10-9-15(11-18(16)23)25-19(28)12-27-13-24-20-14(3)7-6-8-17(20)22(27)30/h6-11,13H,4-5,12H2,1-3H3,(H,25,28). The van der Waals surface area contributed by atoms with Gasteiger partial charge in [0.1, 0.15) is 6.54 Å². The fraction of sp³-hybridized carbons (Fsp3) is 0.273. The molecule has 8 heteroatoms. The van der Waals surface area contributed by atoms with Crippen molar-refractivity contribution in [1.29, 1.82) is 0 Å². The van der Waals surface area contributed by atoms with Gasteiger partial charge in [-0.1, -0.05) is 23.7 Å². The molecule has 0 saturated carbocycles. The van der Waals surface area contributed by atoms with E-state index in [1.807, 2.05) is 26.8 Å². The van der Waals surface area contributed by atoms with Crippen LogP contribution in [0, 0.1) is 6.92 Å². The minimum Gasteiger partial charge on any atom is -0.339 e. The molecule has 0 aliphatic carbocycles. The van der Waals surface area contributed by atoms with E-state index in [9.17, 15) is 14.4 Å². The van der Waals surface area contributed by atoms with Crippen molar-refractivity contribution in [2.24, 2.45) is 0 Å². The molecule has 0 saturated heterocycles. The number of fused-ring (bicyclic) bond motifs is 1. The van der Waals surface area contributed by atoms with Crippen LogP contribution in [0.15, 0.2) is 47.5 Å². The van der Waals surface area contributed by atoms with Crippen LogP contribution in [0.1, 0.15) is 29.8 Å². The van der Waals surface area contributed by atoms with Gasteiger partial charge in [-0.2, -0.15) is 0 Å². The van der Waals surface area contributed by atoms with E-state index in [2.05, 4.69) is 10.3 Å². The first kappa shape index (κ1) is 21.5. The number of carbonyl (C=O) groups is 2. The van der Waals surface area contributed by atoms with Crippen molar-refractivity contribution in [2.45, 2.75) is 27.3 Å². The molecule has 1 N–H and O–H groups in total. The molecule has 156 valence electrons. The van der Waals surface area contributed by atoms with Crippen LogP contribution in [-0.4, -0.2) is 39.4 Å². The lowest BCUT2D eigenvalue weighted by Crippen LogP contribution is -2.30. The summed E-state index contributed by atoms with van der Waals surface area (Å²) < 4.78 is 1.26. The first-order chi connectivity index (χ1) is 14.3. The fourth-order valence-electron chi connectivity index (χ4n) is 3.25. The molecule has 0 fully saturated rings. The lowest BCUT2D eigenvalue weighted by molar-refractivity contribution is -0.116. The van der Waals surface area contributed by atoms with Crippen LogP contribution in [-0.2, 0) is 11.3 Å². The Kier molecular flexibility index (Phi) is 6.52. The summed E-state index contributed by atoms with van der Waals surface area (Å²) in [6.07, 6.45) is 1.37. The molecule has 3 rings (SSSR count). The number of nitrogens with zero attached hydrogens (tertiary/aromatic N) is 3. The highest BCUT2D eigenvalue weighted by atomic mass is 35.5. The van der Waals surface area contributed by atoms with Gasteiger partial charge in [0.05, 0.1) is 27.8 Å². The third-order valence-electron chi connectivity index (χ3n) is 4.90. The van der Waals surface area contributed by atoms with Gasteiger partial charge in [-0.15, -0.1) is 0 Å². The van der Waals surface area contributed by atoms with Gasteiger partial charge in [-0.05, 0) is 50.6 Å². The summed E-state index contributed by atoms with van der Waals surface area (Å²) >= 11 is 6.27. The minimum atomic E-state index is -0.398. The largest absolute Gasteiger partial charge is 0.339 e. The molecule has 1 heterocycles. The number of nitrogens with one attached hydrogen (secondary N) is 1. The van der Waals surface area contributed by atoms with Crippen molar-refractivity contribution in [2.75, 3.05) is 18.4 Å². The molecular weight excluding hydrogens is 404 g/mol. The summed E-state index contributed by atoms with van der Waals surface area (Å²) in [5, 5.41) is 3.43. The van der Waals surface area contributed by atoms with E-state index in [0.717, 1.165) is 5.56 Å². The zero-order valence-electron chi connectivity index (χ0n) is 17.1. The lowest BCUT2D eigenvalue weighted by Gasteiger charge is -2.19. The Morgan fingerprint density at radius 2 is 1.90 bits per heavy atom. The number of benzene rings is 2. The van der Waals surface area contributed by atoms with Crippen LogP contribution < -0.4 is 10.9 Å². The van der Waals surface area contributed by atoms with Crippen LogP contribution in [0.5, 0.6) is 0 Å². The second kappa shape index (κ2) is 9.09. The van der Waals surface area contributed by atoms with Crippen molar-refractivity contribution in [1.82, 2.24) is 14.5 Å². The van der Waals surface area contributed by atoms with E-state index >= 15 is 0 Å². The van der Waals surface area contributed by atoms with E-state index in [0.29, 0.717) is 35.2 Å². The third-order valence-corrected chi connectivity index (χ3v) is 5.22. The topological polar surface area (TPSA) is 84.3 Å². The maximum atomic E-state index is 12.6. The summed E-state index contributed by atoms with van der Waals surface area (Å²) in [5.41, 5.74) is 2.06. The van der Waals surface area contributed by atoms with Gasteiger partial charge >= 0.3 is 0 Å². The fourth-order valence-corrected chi connectivity index (χ4v) is 3.51. The first-order valence-electron chi connectivity index (χ1n) is 9.69. The highest BCUT2D eigenvalue weighted by Crippen LogP contribution is 2.22. The van der Waals surface area contributed by atoms with Gasteiger partial charge in [0.2, 0.25) is 5.91 Å². The predicted molar refractivity (Wildman–Crippen MR) is 118 cm³/mol. The molecule has 0 unspecified atom stereocenters. The predicted octanol–water partition coefficient (Wildman–Crippen LogP) is 3.48. The molecule has 0 spiro atoms. The Balaban J connectivity index is 1.76. The minimum absolute atomic E-state index is 0.160. The Morgan fingerprint density at radius 3 is 2.57 bits per heavy atom. The number of hydrogen-bond acceptors (Lipinski definition) is 4. The number of aryl methyl sites for hydroxylation is 1. The summed E-state index contributed by atoms with van der Waals surface area (Å²) in [4.78, 5) is 43.5. The molecule has 0 atom stereocenters. The van der Waals surface area contributed by atoms with Gasteiger partial charge < -0.3 is 10.2 Å². The Hall–Kier alpha value is -3.19. The molecule has 0 aliphatic heterocycles. The highest BCUT2D eigenvalue weighted by Gasteiger charge is 2.17. The van der Waals surface area contributed by atoms with Crippen molar-refractivity contribution < 1.29 is 9.59 Å². The molecule has 0 radical (unpaired) electrons. The van der Waals surface area contributed by atoms with E-state index in [-0.39, 0.29) is 23.0 Å². The van der Waals surface area contributed by atoms with E-state index < -0.39 is 5.91 Å². The zero-order chi connectivity index (χ0) is 21.8. The maximum absolute atomic E-state index is 12.6. The Morgan fingerprint density at radius 1 is 1.17 bits per heavy atom. The van der Waals surface area contributed by atoms with Gasteiger partial charge in [0.25, 0.3) is 11.5 Å². The van der Waals surface area contributed by atoms with Crippen LogP contribution in [0.25, 0.3) is 10.9 Å². The number of carbonyl (C=O) groups excluding carboxylic acids is 2. The maximum Gasteiger partial charge on any atom is 0.261 e. The zero-order valence-corrected chi connectivity index (χ0v) is 17.9. The van der Waals surface area contributed by atoms with Gasteiger partial charge in [0.15, 0.2) is 0 Å². The molecule has 3 aromatic rings. The average Bonchev–Trinajstić information content (AvgIpc) is 2.71. The van der Waals surface area contributed by atoms with Crippen LogP contribution in [0.3, 0.4) is 0 Å². The number of anilines is 1. The van der Waals surface area contributed by atoms with Crippen molar-refractivity contribution in [3.05, 3.63) is 69.2 Å². The second-order valence-electron chi connectivity index (χ2n) is 6.87. The number of amides is 2. The van der Waals surface area contributed by atoms with Crippen molar-refractivity contribution in [3.63, 3.8) is 0 Å². The Bertz CT molecular complexity index is 1170. The molecular formula is C22H23ClN4O3. The van der Waals surface area contributed by atoms with Gasteiger partial charge in [-0.25, -0.2) is 4.98 Å². The van der Waals surface area contributed by atoms with Gasteiger partial charge in [-0.3, -0.25) is 19.0 Å². The number of halogens is 1. The van der Waals surface area contributed by atoms with Crippen molar-refractivity contribution in [3.8, 4) is 0 Å². The summed E-state index contributed by atoms with van der Waals surface area (Å²) in [7, 11) is 0. The normalized spacial score (nSPS) is 10.8. The molecule has 0 bridgehead atoms. The summed E-state index contributed by atoms with van der Waals surface area (Å²) in [6, 6.07) is 10.1. The highest BCUT2D eigenvalue weighted by molar-refractivity contribution is 6.34. The molecule has 30 heavy (non-hydrogen) atoms. The van der Waals surface area contributed by atoms with E-state index in [1.165, 1.54) is 17.0 Å². The molecule has 2 aromatic carbocycles. The first-order valence-corrected chi connectivity index (χ1v) is 10.1. The number of rotatable bonds is 6. The molecule has 7 nitrogen and oxygen atoms in total. The van der Waals surface area contributed by atoms with Crippen LogP contribution >= 0.6 is 11.6 Å². The summed E-state index contributed by atoms with van der Waals surface area (Å²) in [5.74, 6) is -0.559. The van der Waals surface area contributed by atoms with Crippen LogP contribution in [0.2, 0.25) is 5.02 Å². The smallest absolute Gasteiger partial charge is 0.261 e. The van der Waals surface area contributed by atoms with Crippen LogP contribution in [0.4, 0.5) is 5.69 Å². The Labute approximate surface area is 179 Å². The van der Waals surface area contributed by atoms with Gasteiger partial charge in [0, 0.05) is 18.8 Å². The molecule has 1 aromatic heterocycles. The number of para-hydroxylation sites is 1. The molecule has 2 amide bonds. The monoisotopic (exact) mass is 426 g/mol. The average molecular weight is 427 g/mol. The lowest BCUT2D eigenvalue weighted by atomic mass is 10.1. The SMILES string of the molecule is CCN(CC)C(=O)c1ccc(NC(=O)Cn2cnc3c(C)cccc3c2=O)cc1Cl. The third kappa shape index (κ3) is 4.36. The van der Waals surface area contributed by atoms with Crippen molar-refractivity contribution >= 4 is 40.0 Å².